The summed E-state index contributed by atoms with van der Waals surface area (Å²) in [6, 6.07) is 15.2. The van der Waals surface area contributed by atoms with E-state index in [1.165, 1.54) is 9.87 Å². The van der Waals surface area contributed by atoms with E-state index < -0.39 is 15.8 Å². The first-order valence-electron chi connectivity index (χ1n) is 12.0. The highest BCUT2D eigenvalue weighted by Gasteiger charge is 2.57. The summed E-state index contributed by atoms with van der Waals surface area (Å²) in [7, 11) is -3.71. The van der Waals surface area contributed by atoms with Crippen LogP contribution in [0.3, 0.4) is 0 Å². The van der Waals surface area contributed by atoms with Gasteiger partial charge in [-0.05, 0) is 42.5 Å². The lowest BCUT2D eigenvalue weighted by molar-refractivity contribution is -0.180. The summed E-state index contributed by atoms with van der Waals surface area (Å²) in [5, 5.41) is 0. The molecule has 34 heavy (non-hydrogen) atoms. The third kappa shape index (κ3) is 3.76. The number of hydrogen-bond acceptors (Lipinski definition) is 6. The summed E-state index contributed by atoms with van der Waals surface area (Å²) >= 11 is 0. The maximum atomic E-state index is 13.5. The minimum Gasteiger partial charge on any atom is -0.336 e. The number of benzene rings is 2. The monoisotopic (exact) mass is 483 g/mol. The van der Waals surface area contributed by atoms with Crippen LogP contribution < -0.4 is 4.90 Å². The third-order valence-electron chi connectivity index (χ3n) is 7.19. The molecule has 1 aliphatic carbocycles. The minimum atomic E-state index is -3.71. The Hall–Kier alpha value is -2.30. The molecule has 1 amide bonds. The van der Waals surface area contributed by atoms with Gasteiger partial charge in [-0.15, -0.1) is 0 Å². The predicted octanol–water partition coefficient (Wildman–Crippen LogP) is 2.15. The average Bonchev–Trinajstić information content (AvgIpc) is 3.49. The van der Waals surface area contributed by atoms with Crippen LogP contribution in [0, 0.1) is 5.92 Å². The van der Waals surface area contributed by atoms with Crippen LogP contribution in [0.1, 0.15) is 24.0 Å². The fourth-order valence-corrected chi connectivity index (χ4v) is 6.58. The molecule has 2 aromatic rings. The van der Waals surface area contributed by atoms with Crippen molar-refractivity contribution in [3.05, 3.63) is 59.7 Å². The zero-order chi connectivity index (χ0) is 23.3. The fraction of sp³-hybridized carbons (Fsp3) is 0.480. The first kappa shape index (κ1) is 22.2. The molecule has 8 nitrogen and oxygen atoms in total. The summed E-state index contributed by atoms with van der Waals surface area (Å²) < 4.78 is 40.3. The van der Waals surface area contributed by atoms with Gasteiger partial charge in [0.2, 0.25) is 10.0 Å². The fourth-order valence-electron chi connectivity index (χ4n) is 5.13. The highest BCUT2D eigenvalue weighted by Crippen LogP contribution is 2.48. The van der Waals surface area contributed by atoms with Crippen molar-refractivity contribution < 1.29 is 22.7 Å². The normalized spacial score (nSPS) is 23.1. The molecule has 2 saturated heterocycles. The molecular formula is C25H29N3O5S. The molecule has 0 bridgehead atoms. The van der Waals surface area contributed by atoms with Crippen LogP contribution in [-0.4, -0.2) is 69.5 Å². The number of anilines is 1. The maximum absolute atomic E-state index is 13.5. The second-order valence-electron chi connectivity index (χ2n) is 9.52. The Balaban J connectivity index is 1.23. The number of amides is 1. The molecular weight excluding hydrogens is 454 g/mol. The third-order valence-corrected chi connectivity index (χ3v) is 9.08. The van der Waals surface area contributed by atoms with E-state index in [1.54, 1.807) is 23.1 Å². The number of nitrogens with zero attached hydrogens (tertiary/aromatic N) is 3. The first-order chi connectivity index (χ1) is 16.5. The standard InChI is InChI=1S/C25H29N3O5S/c29-24-25(32-14-15-33-25)22-16-21(8-9-23(22)28(24)18-20-6-7-20)34(30,31)27-12-10-26(11-13-27)17-19-4-2-1-3-5-19/h1-5,8-9,16,20H,6-7,10-15,17-18H2. The average molecular weight is 484 g/mol. The van der Waals surface area contributed by atoms with Crippen LogP contribution in [0.4, 0.5) is 5.69 Å². The van der Waals surface area contributed by atoms with Gasteiger partial charge in [-0.25, -0.2) is 8.42 Å². The van der Waals surface area contributed by atoms with Crippen molar-refractivity contribution in [2.75, 3.05) is 50.8 Å². The molecule has 3 heterocycles. The SMILES string of the molecule is O=C1N(CC2CC2)c2ccc(S(=O)(=O)N3CCN(Cc4ccccc4)CC3)cc2C12OCCO2. The Morgan fingerprint density at radius 2 is 1.65 bits per heavy atom. The van der Waals surface area contributed by atoms with E-state index in [-0.39, 0.29) is 10.8 Å². The molecule has 3 fully saturated rings. The van der Waals surface area contributed by atoms with Crippen LogP contribution in [-0.2, 0) is 36.6 Å². The maximum Gasteiger partial charge on any atom is 0.292 e. The smallest absolute Gasteiger partial charge is 0.292 e. The zero-order valence-electron chi connectivity index (χ0n) is 19.1. The van der Waals surface area contributed by atoms with E-state index in [0.717, 1.165) is 19.4 Å². The number of piperazine rings is 1. The van der Waals surface area contributed by atoms with Crippen molar-refractivity contribution in [1.82, 2.24) is 9.21 Å². The summed E-state index contributed by atoms with van der Waals surface area (Å²) in [4.78, 5) is 17.5. The van der Waals surface area contributed by atoms with Crippen molar-refractivity contribution in [1.29, 1.82) is 0 Å². The summed E-state index contributed by atoms with van der Waals surface area (Å²) in [6.07, 6.45) is 2.22. The van der Waals surface area contributed by atoms with Gasteiger partial charge < -0.3 is 14.4 Å². The van der Waals surface area contributed by atoms with Gasteiger partial charge in [0.05, 0.1) is 23.8 Å². The molecule has 1 spiro atoms. The molecule has 0 radical (unpaired) electrons. The lowest BCUT2D eigenvalue weighted by atomic mass is 10.1. The summed E-state index contributed by atoms with van der Waals surface area (Å²) in [5.41, 5.74) is 2.43. The molecule has 0 N–H and O–H groups in total. The minimum absolute atomic E-state index is 0.183. The Bertz CT molecular complexity index is 1180. The lowest BCUT2D eigenvalue weighted by Gasteiger charge is -2.34. The van der Waals surface area contributed by atoms with E-state index in [0.29, 0.717) is 63.1 Å². The predicted molar refractivity (Wildman–Crippen MR) is 126 cm³/mol. The van der Waals surface area contributed by atoms with Crippen LogP contribution in [0.15, 0.2) is 53.4 Å². The van der Waals surface area contributed by atoms with Gasteiger partial charge in [-0.2, -0.15) is 4.31 Å². The summed E-state index contributed by atoms with van der Waals surface area (Å²) in [6.45, 7) is 4.24. The molecule has 180 valence electrons. The van der Waals surface area contributed by atoms with Crippen molar-refractivity contribution in [2.45, 2.75) is 30.1 Å². The number of carbonyl (C=O) groups excluding carboxylic acids is 1. The first-order valence-corrected chi connectivity index (χ1v) is 13.4. The molecule has 1 saturated carbocycles. The molecule has 0 aromatic heterocycles. The second-order valence-corrected chi connectivity index (χ2v) is 11.5. The quantitative estimate of drug-likeness (QED) is 0.627. The lowest BCUT2D eigenvalue weighted by Crippen LogP contribution is -2.48. The van der Waals surface area contributed by atoms with Gasteiger partial charge in [0, 0.05) is 44.8 Å². The molecule has 0 atom stereocenters. The van der Waals surface area contributed by atoms with Gasteiger partial charge in [0.25, 0.3) is 11.7 Å². The van der Waals surface area contributed by atoms with E-state index in [9.17, 15) is 13.2 Å². The largest absolute Gasteiger partial charge is 0.336 e. The van der Waals surface area contributed by atoms with Crippen molar-refractivity contribution in [3.63, 3.8) is 0 Å². The number of hydrogen-bond donors (Lipinski definition) is 0. The van der Waals surface area contributed by atoms with Crippen LogP contribution in [0.5, 0.6) is 0 Å². The van der Waals surface area contributed by atoms with Crippen LogP contribution in [0.25, 0.3) is 0 Å². The van der Waals surface area contributed by atoms with E-state index in [4.69, 9.17) is 9.47 Å². The Labute approximate surface area is 200 Å². The van der Waals surface area contributed by atoms with E-state index in [2.05, 4.69) is 17.0 Å². The van der Waals surface area contributed by atoms with Crippen molar-refractivity contribution in [2.24, 2.45) is 5.92 Å². The van der Waals surface area contributed by atoms with Crippen molar-refractivity contribution >= 4 is 21.6 Å². The van der Waals surface area contributed by atoms with Gasteiger partial charge in [0.1, 0.15) is 0 Å². The number of rotatable bonds is 6. The number of ether oxygens (including phenoxy) is 2. The number of carbonyl (C=O) groups is 1. The van der Waals surface area contributed by atoms with Gasteiger partial charge in [-0.1, -0.05) is 30.3 Å². The second kappa shape index (κ2) is 8.42. The molecule has 2 aromatic carbocycles. The van der Waals surface area contributed by atoms with Gasteiger partial charge >= 0.3 is 0 Å². The number of sulfonamides is 1. The van der Waals surface area contributed by atoms with Crippen molar-refractivity contribution in [3.8, 4) is 0 Å². The Morgan fingerprint density at radius 3 is 2.32 bits per heavy atom. The topological polar surface area (TPSA) is 79.4 Å². The molecule has 6 rings (SSSR count). The highest BCUT2D eigenvalue weighted by molar-refractivity contribution is 7.89. The Kier molecular flexibility index (Phi) is 5.50. The molecule has 3 aliphatic heterocycles. The molecule has 9 heteroatoms. The summed E-state index contributed by atoms with van der Waals surface area (Å²) in [5.74, 6) is -1.26. The van der Waals surface area contributed by atoms with Crippen LogP contribution >= 0.6 is 0 Å². The van der Waals surface area contributed by atoms with Crippen LogP contribution in [0.2, 0.25) is 0 Å². The zero-order valence-corrected chi connectivity index (χ0v) is 19.9. The Morgan fingerprint density at radius 1 is 0.941 bits per heavy atom. The van der Waals surface area contributed by atoms with E-state index >= 15 is 0 Å². The molecule has 0 unspecified atom stereocenters. The van der Waals surface area contributed by atoms with E-state index in [1.807, 2.05) is 18.2 Å². The van der Waals surface area contributed by atoms with Gasteiger partial charge in [-0.3, -0.25) is 9.69 Å². The van der Waals surface area contributed by atoms with Gasteiger partial charge in [0.15, 0.2) is 0 Å². The highest BCUT2D eigenvalue weighted by atomic mass is 32.2. The molecule has 4 aliphatic rings. The number of fused-ring (bicyclic) bond motifs is 2.